The van der Waals surface area contributed by atoms with Gasteiger partial charge in [0.1, 0.15) is 0 Å². The van der Waals surface area contributed by atoms with E-state index in [1.165, 1.54) is 0 Å². The Morgan fingerprint density at radius 3 is 2.50 bits per heavy atom. The van der Waals surface area contributed by atoms with Crippen LogP contribution in [0.25, 0.3) is 0 Å². The number of hydrogen-bond donors (Lipinski definition) is 1. The number of hydrogen-bond acceptors (Lipinski definition) is 2. The van der Waals surface area contributed by atoms with Crippen LogP contribution >= 0.6 is 0 Å². The van der Waals surface area contributed by atoms with Crippen LogP contribution in [0.15, 0.2) is 18.3 Å². The molecule has 16 heavy (non-hydrogen) atoms. The minimum atomic E-state index is -0.781. The number of aromatic nitrogens is 1. The molecule has 3 nitrogen and oxygen atoms in total. The minimum absolute atomic E-state index is 0.469. The Morgan fingerprint density at radius 1 is 1.38 bits per heavy atom. The van der Waals surface area contributed by atoms with Gasteiger partial charge in [0.25, 0.3) is 0 Å². The lowest BCUT2D eigenvalue weighted by Gasteiger charge is -2.13. The van der Waals surface area contributed by atoms with Crippen molar-refractivity contribution >= 4 is 5.97 Å². The van der Waals surface area contributed by atoms with Crippen LogP contribution in [-0.4, -0.2) is 16.1 Å². The summed E-state index contributed by atoms with van der Waals surface area (Å²) >= 11 is 0. The second-order valence-electron chi connectivity index (χ2n) is 4.62. The quantitative estimate of drug-likeness (QED) is 0.831. The second-order valence-corrected chi connectivity index (χ2v) is 4.62. The SMILES string of the molecule is Cc1ccc(C(CCC(C)C)C(=O)O)nc1. The van der Waals surface area contributed by atoms with Crippen LogP contribution in [-0.2, 0) is 4.79 Å². The lowest BCUT2D eigenvalue weighted by Crippen LogP contribution is -2.14. The Morgan fingerprint density at radius 2 is 2.06 bits per heavy atom. The standard InChI is InChI=1S/C13H19NO2/c1-9(2)4-6-11(13(15)16)12-7-5-10(3)8-14-12/h5,7-9,11H,4,6H2,1-3H3,(H,15,16). The van der Waals surface area contributed by atoms with Crippen LogP contribution in [0.1, 0.15) is 43.9 Å². The van der Waals surface area contributed by atoms with Crippen molar-refractivity contribution in [3.05, 3.63) is 29.6 Å². The van der Waals surface area contributed by atoms with Gasteiger partial charge in [-0.1, -0.05) is 19.9 Å². The Bertz CT molecular complexity index is 343. The van der Waals surface area contributed by atoms with Gasteiger partial charge >= 0.3 is 5.97 Å². The highest BCUT2D eigenvalue weighted by molar-refractivity contribution is 5.75. The number of pyridine rings is 1. The fourth-order valence-corrected chi connectivity index (χ4v) is 1.58. The summed E-state index contributed by atoms with van der Waals surface area (Å²) in [7, 11) is 0. The number of rotatable bonds is 5. The smallest absolute Gasteiger partial charge is 0.312 e. The van der Waals surface area contributed by atoms with E-state index >= 15 is 0 Å². The Labute approximate surface area is 96.5 Å². The highest BCUT2D eigenvalue weighted by Gasteiger charge is 2.20. The van der Waals surface area contributed by atoms with E-state index in [0.717, 1.165) is 12.0 Å². The molecule has 1 atom stereocenters. The maximum Gasteiger partial charge on any atom is 0.312 e. The number of aryl methyl sites for hydroxylation is 1. The second kappa shape index (κ2) is 5.64. The van der Waals surface area contributed by atoms with Gasteiger partial charge in [-0.3, -0.25) is 9.78 Å². The van der Waals surface area contributed by atoms with Crippen LogP contribution in [0.2, 0.25) is 0 Å². The van der Waals surface area contributed by atoms with Gasteiger partial charge in [-0.25, -0.2) is 0 Å². The predicted molar refractivity (Wildman–Crippen MR) is 63.4 cm³/mol. The largest absolute Gasteiger partial charge is 0.481 e. The number of carbonyl (C=O) groups is 1. The molecule has 0 amide bonds. The first-order chi connectivity index (χ1) is 7.50. The molecule has 3 heteroatoms. The Balaban J connectivity index is 2.77. The van der Waals surface area contributed by atoms with Crippen LogP contribution in [0.3, 0.4) is 0 Å². The molecule has 1 rings (SSSR count). The molecular formula is C13H19NO2. The van der Waals surface area contributed by atoms with Gasteiger partial charge in [0.15, 0.2) is 0 Å². The topological polar surface area (TPSA) is 50.2 Å². The van der Waals surface area contributed by atoms with Gasteiger partial charge < -0.3 is 5.11 Å². The zero-order chi connectivity index (χ0) is 12.1. The summed E-state index contributed by atoms with van der Waals surface area (Å²) in [6.07, 6.45) is 3.29. The van der Waals surface area contributed by atoms with E-state index in [9.17, 15) is 4.79 Å². The zero-order valence-corrected chi connectivity index (χ0v) is 10.1. The molecule has 1 N–H and O–H groups in total. The van der Waals surface area contributed by atoms with Crippen molar-refractivity contribution in [3.63, 3.8) is 0 Å². The van der Waals surface area contributed by atoms with E-state index in [0.29, 0.717) is 18.0 Å². The molecule has 1 unspecified atom stereocenters. The van der Waals surface area contributed by atoms with E-state index < -0.39 is 11.9 Å². The molecule has 0 bridgehead atoms. The normalized spacial score (nSPS) is 12.8. The van der Waals surface area contributed by atoms with Gasteiger partial charge in [0.2, 0.25) is 0 Å². The van der Waals surface area contributed by atoms with E-state index in [-0.39, 0.29) is 0 Å². The van der Waals surface area contributed by atoms with Gasteiger partial charge in [-0.2, -0.15) is 0 Å². The minimum Gasteiger partial charge on any atom is -0.481 e. The summed E-state index contributed by atoms with van der Waals surface area (Å²) in [6, 6.07) is 3.72. The lowest BCUT2D eigenvalue weighted by atomic mass is 9.94. The first-order valence-corrected chi connectivity index (χ1v) is 5.66. The van der Waals surface area contributed by atoms with Crippen molar-refractivity contribution in [3.8, 4) is 0 Å². The predicted octanol–water partition coefficient (Wildman–Crippen LogP) is 2.99. The summed E-state index contributed by atoms with van der Waals surface area (Å²) in [5.41, 5.74) is 1.72. The third-order valence-electron chi connectivity index (χ3n) is 2.62. The monoisotopic (exact) mass is 221 g/mol. The zero-order valence-electron chi connectivity index (χ0n) is 10.1. The van der Waals surface area contributed by atoms with Crippen LogP contribution in [0.4, 0.5) is 0 Å². The van der Waals surface area contributed by atoms with Crippen molar-refractivity contribution in [2.75, 3.05) is 0 Å². The van der Waals surface area contributed by atoms with E-state index in [1.54, 1.807) is 6.20 Å². The number of aliphatic carboxylic acids is 1. The highest BCUT2D eigenvalue weighted by Crippen LogP contribution is 2.22. The third kappa shape index (κ3) is 3.65. The molecule has 0 fully saturated rings. The summed E-state index contributed by atoms with van der Waals surface area (Å²) in [5, 5.41) is 9.17. The molecule has 0 radical (unpaired) electrons. The number of carboxylic acid groups (broad SMARTS) is 1. The van der Waals surface area contributed by atoms with Crippen molar-refractivity contribution in [2.45, 2.75) is 39.5 Å². The van der Waals surface area contributed by atoms with Crippen LogP contribution in [0.5, 0.6) is 0 Å². The molecular weight excluding hydrogens is 202 g/mol. The van der Waals surface area contributed by atoms with Crippen molar-refractivity contribution in [1.29, 1.82) is 0 Å². The van der Waals surface area contributed by atoms with Crippen molar-refractivity contribution < 1.29 is 9.90 Å². The van der Waals surface area contributed by atoms with Crippen LogP contribution < -0.4 is 0 Å². The summed E-state index contributed by atoms with van der Waals surface area (Å²) in [5.74, 6) is -0.729. The first-order valence-electron chi connectivity index (χ1n) is 5.66. The molecule has 0 aromatic carbocycles. The Hall–Kier alpha value is -1.38. The summed E-state index contributed by atoms with van der Waals surface area (Å²) < 4.78 is 0. The maximum absolute atomic E-state index is 11.2. The molecule has 88 valence electrons. The van der Waals surface area contributed by atoms with Gasteiger partial charge in [0, 0.05) is 6.20 Å². The fourth-order valence-electron chi connectivity index (χ4n) is 1.58. The van der Waals surface area contributed by atoms with Crippen LogP contribution in [0, 0.1) is 12.8 Å². The number of nitrogens with zero attached hydrogens (tertiary/aromatic N) is 1. The molecule has 0 aliphatic carbocycles. The maximum atomic E-state index is 11.2. The van der Waals surface area contributed by atoms with E-state index in [4.69, 9.17) is 5.11 Å². The molecule has 1 aromatic heterocycles. The van der Waals surface area contributed by atoms with Crippen molar-refractivity contribution in [1.82, 2.24) is 4.98 Å². The highest BCUT2D eigenvalue weighted by atomic mass is 16.4. The molecule has 0 spiro atoms. The summed E-state index contributed by atoms with van der Waals surface area (Å²) in [4.78, 5) is 15.4. The molecule has 1 aromatic rings. The molecule has 0 aliphatic heterocycles. The third-order valence-corrected chi connectivity index (χ3v) is 2.62. The van der Waals surface area contributed by atoms with Gasteiger partial charge in [-0.05, 0) is 37.3 Å². The molecule has 0 aliphatic rings. The molecule has 1 heterocycles. The summed E-state index contributed by atoms with van der Waals surface area (Å²) in [6.45, 7) is 6.14. The average molecular weight is 221 g/mol. The lowest BCUT2D eigenvalue weighted by molar-refractivity contribution is -0.139. The first kappa shape index (κ1) is 12.7. The fraction of sp³-hybridized carbons (Fsp3) is 0.538. The molecule has 0 saturated heterocycles. The van der Waals surface area contributed by atoms with E-state index in [1.807, 2.05) is 19.1 Å². The number of carboxylic acids is 1. The molecule has 0 saturated carbocycles. The van der Waals surface area contributed by atoms with E-state index in [2.05, 4.69) is 18.8 Å². The Kier molecular flexibility index (Phi) is 4.47. The van der Waals surface area contributed by atoms with Gasteiger partial charge in [-0.15, -0.1) is 0 Å². The van der Waals surface area contributed by atoms with Gasteiger partial charge in [0.05, 0.1) is 11.6 Å². The van der Waals surface area contributed by atoms with Crippen molar-refractivity contribution in [2.24, 2.45) is 5.92 Å². The average Bonchev–Trinajstić information content (AvgIpc) is 2.20.